The smallest absolute Gasteiger partial charge is 0.410 e. The molecule has 272 valence electrons. The third-order valence-electron chi connectivity index (χ3n) is 9.47. The lowest BCUT2D eigenvalue weighted by Crippen LogP contribution is -2.66. The van der Waals surface area contributed by atoms with Gasteiger partial charge in [-0.2, -0.15) is 5.01 Å². The summed E-state index contributed by atoms with van der Waals surface area (Å²) in [7, 11) is 3.85. The highest BCUT2D eigenvalue weighted by Gasteiger charge is 2.52. The van der Waals surface area contributed by atoms with Crippen LogP contribution in [0.25, 0.3) is 10.8 Å². The molecule has 0 bridgehead atoms. The van der Waals surface area contributed by atoms with E-state index in [9.17, 15) is 19.2 Å². The van der Waals surface area contributed by atoms with Gasteiger partial charge in [0.25, 0.3) is 0 Å². The predicted molar refractivity (Wildman–Crippen MR) is 199 cm³/mol. The van der Waals surface area contributed by atoms with Gasteiger partial charge >= 0.3 is 12.1 Å². The maximum Gasteiger partial charge on any atom is 0.412 e. The number of likely N-dealkylation sites (N-methyl/N-ethyl adjacent to an activating group) is 1. The number of carbonyl (C=O) groups excluding carboxylic acids is 4. The van der Waals surface area contributed by atoms with Crippen LogP contribution in [0.3, 0.4) is 0 Å². The minimum atomic E-state index is -0.803. The molecule has 2 aliphatic heterocycles. The normalized spacial score (nSPS) is 17.4. The number of fused-ring (bicyclic) bond motifs is 2. The molecule has 12 heteroatoms. The van der Waals surface area contributed by atoms with Crippen molar-refractivity contribution in [2.75, 3.05) is 46.8 Å². The predicted octanol–water partition coefficient (Wildman–Crippen LogP) is 4.45. The third-order valence-corrected chi connectivity index (χ3v) is 9.47. The van der Waals surface area contributed by atoms with Crippen LogP contribution in [0.5, 0.6) is 5.75 Å². The SMILES string of the molecule is CCCN(C(=O)NCc1ccccc1)N1CC(=O)N2[C@@H](Cc3ccc(OC(=O)NCCN(C)C)cc3)C(=O)N(Cc3cccc4ccccc34)C[C@@H]21. The summed E-state index contributed by atoms with van der Waals surface area (Å²) >= 11 is 0. The van der Waals surface area contributed by atoms with Crippen LogP contribution in [0.15, 0.2) is 97.1 Å². The van der Waals surface area contributed by atoms with Gasteiger partial charge in [0.2, 0.25) is 11.8 Å². The highest BCUT2D eigenvalue weighted by Crippen LogP contribution is 2.31. The van der Waals surface area contributed by atoms with Crippen molar-refractivity contribution in [3.8, 4) is 5.75 Å². The Bertz CT molecular complexity index is 1860. The van der Waals surface area contributed by atoms with Crippen molar-refractivity contribution >= 4 is 34.7 Å². The molecule has 0 aliphatic carbocycles. The van der Waals surface area contributed by atoms with Crippen molar-refractivity contribution < 1.29 is 23.9 Å². The van der Waals surface area contributed by atoms with Gasteiger partial charge in [-0.15, -0.1) is 0 Å². The molecular formula is C40H47N7O5. The van der Waals surface area contributed by atoms with E-state index in [-0.39, 0.29) is 37.4 Å². The van der Waals surface area contributed by atoms with E-state index >= 15 is 0 Å². The Morgan fingerprint density at radius 3 is 2.33 bits per heavy atom. The van der Waals surface area contributed by atoms with Crippen molar-refractivity contribution in [3.05, 3.63) is 114 Å². The molecule has 0 aromatic heterocycles. The average Bonchev–Trinajstić information content (AvgIpc) is 3.47. The summed E-state index contributed by atoms with van der Waals surface area (Å²) in [5, 5.41) is 11.4. The van der Waals surface area contributed by atoms with Gasteiger partial charge in [0, 0.05) is 39.1 Å². The molecule has 2 heterocycles. The largest absolute Gasteiger partial charge is 0.412 e. The lowest BCUT2D eigenvalue weighted by Gasteiger charge is -2.46. The maximum atomic E-state index is 14.5. The number of carbonyl (C=O) groups is 4. The van der Waals surface area contributed by atoms with Crippen molar-refractivity contribution in [1.82, 2.24) is 35.4 Å². The van der Waals surface area contributed by atoms with Gasteiger partial charge < -0.3 is 30.1 Å². The van der Waals surface area contributed by atoms with E-state index in [2.05, 4.69) is 28.8 Å². The van der Waals surface area contributed by atoms with E-state index in [4.69, 9.17) is 4.74 Å². The highest BCUT2D eigenvalue weighted by atomic mass is 16.6. The minimum absolute atomic E-state index is 0.0228. The van der Waals surface area contributed by atoms with Crippen molar-refractivity contribution in [2.24, 2.45) is 0 Å². The Labute approximate surface area is 304 Å². The molecule has 4 aromatic carbocycles. The number of hydrazine groups is 1. The number of piperazine rings is 1. The summed E-state index contributed by atoms with van der Waals surface area (Å²) in [4.78, 5) is 59.8. The molecule has 2 aliphatic rings. The topological polar surface area (TPSA) is 118 Å². The number of hydrogen-bond acceptors (Lipinski definition) is 7. The Kier molecular flexibility index (Phi) is 11.7. The fourth-order valence-electron chi connectivity index (χ4n) is 6.89. The first-order valence-corrected chi connectivity index (χ1v) is 17.8. The van der Waals surface area contributed by atoms with E-state index in [1.807, 2.05) is 103 Å². The molecule has 2 N–H and O–H groups in total. The Morgan fingerprint density at radius 2 is 1.58 bits per heavy atom. The number of ether oxygens (including phenoxy) is 1. The van der Waals surface area contributed by atoms with E-state index in [1.165, 1.54) is 0 Å². The van der Waals surface area contributed by atoms with Gasteiger partial charge in [0.15, 0.2) is 0 Å². The van der Waals surface area contributed by atoms with E-state index in [1.54, 1.807) is 22.0 Å². The summed E-state index contributed by atoms with van der Waals surface area (Å²) in [5.41, 5.74) is 2.78. The lowest BCUT2D eigenvalue weighted by molar-refractivity contribution is -0.157. The second kappa shape index (κ2) is 16.7. The number of nitrogens with one attached hydrogen (secondary N) is 2. The number of nitrogens with zero attached hydrogens (tertiary/aromatic N) is 5. The van der Waals surface area contributed by atoms with E-state index < -0.39 is 18.3 Å². The summed E-state index contributed by atoms with van der Waals surface area (Å²) in [5.74, 6) is 0.00621. The third kappa shape index (κ3) is 8.52. The first-order chi connectivity index (χ1) is 25.2. The van der Waals surface area contributed by atoms with Gasteiger partial charge in [-0.05, 0) is 60.1 Å². The summed E-state index contributed by atoms with van der Waals surface area (Å²) in [6, 6.07) is 29.8. The van der Waals surface area contributed by atoms with Crippen LogP contribution in [0.4, 0.5) is 9.59 Å². The summed E-state index contributed by atoms with van der Waals surface area (Å²) < 4.78 is 5.44. The van der Waals surface area contributed by atoms with Gasteiger partial charge in [-0.25, -0.2) is 9.59 Å². The Hall–Kier alpha value is -5.46. The van der Waals surface area contributed by atoms with Gasteiger partial charge in [-0.1, -0.05) is 91.9 Å². The molecule has 0 radical (unpaired) electrons. The molecule has 4 aromatic rings. The molecule has 6 rings (SSSR count). The second-order valence-electron chi connectivity index (χ2n) is 13.5. The van der Waals surface area contributed by atoms with Gasteiger partial charge in [0.05, 0.1) is 13.1 Å². The van der Waals surface area contributed by atoms with E-state index in [0.29, 0.717) is 44.9 Å². The molecule has 0 unspecified atom stereocenters. The molecular weight excluding hydrogens is 658 g/mol. The van der Waals surface area contributed by atoms with Crippen LogP contribution in [0.2, 0.25) is 0 Å². The molecule has 0 saturated carbocycles. The highest BCUT2D eigenvalue weighted by molar-refractivity contribution is 5.92. The molecule has 12 nitrogen and oxygen atoms in total. The number of urea groups is 1. The zero-order chi connectivity index (χ0) is 36.6. The van der Waals surface area contributed by atoms with Crippen LogP contribution in [-0.2, 0) is 29.1 Å². The van der Waals surface area contributed by atoms with Gasteiger partial charge in [-0.3, -0.25) is 14.6 Å². The number of hydrogen-bond donors (Lipinski definition) is 2. The molecule has 52 heavy (non-hydrogen) atoms. The molecule has 2 fully saturated rings. The Balaban J connectivity index is 1.25. The van der Waals surface area contributed by atoms with Crippen LogP contribution < -0.4 is 15.4 Å². The van der Waals surface area contributed by atoms with Crippen LogP contribution >= 0.6 is 0 Å². The van der Waals surface area contributed by atoms with E-state index in [0.717, 1.165) is 27.5 Å². The molecule has 2 saturated heterocycles. The van der Waals surface area contributed by atoms with Crippen LogP contribution in [-0.4, -0.2) is 108 Å². The first-order valence-electron chi connectivity index (χ1n) is 17.8. The summed E-state index contributed by atoms with van der Waals surface area (Å²) in [6.45, 7) is 4.46. The summed E-state index contributed by atoms with van der Waals surface area (Å²) in [6.07, 6.45) is -0.159. The standard InChI is InChI=1S/C40H47N7O5/c1-4-22-45(39(50)42-25-30-11-6-5-7-12-30)46-28-37(48)47-35(24-29-17-19-33(20-18-29)52-40(51)41-21-23-43(2)3)38(49)44(27-36(46)47)26-32-15-10-14-31-13-8-9-16-34(31)32/h5-20,35-36H,4,21-28H2,1-3H3,(H,41,51)(H,42,50)/t35-,36+/m0/s1. The van der Waals surface area contributed by atoms with Crippen molar-refractivity contribution in [2.45, 2.75) is 45.1 Å². The minimum Gasteiger partial charge on any atom is -0.410 e. The first kappa shape index (κ1) is 36.3. The number of rotatable bonds is 13. The Morgan fingerprint density at radius 1 is 0.846 bits per heavy atom. The molecule has 5 amide bonds. The lowest BCUT2D eigenvalue weighted by atomic mass is 9.99. The van der Waals surface area contributed by atoms with Crippen molar-refractivity contribution in [1.29, 1.82) is 0 Å². The fraction of sp³-hybridized carbons (Fsp3) is 0.350. The van der Waals surface area contributed by atoms with Crippen molar-refractivity contribution in [3.63, 3.8) is 0 Å². The zero-order valence-electron chi connectivity index (χ0n) is 30.0. The second-order valence-corrected chi connectivity index (χ2v) is 13.5. The molecule has 0 spiro atoms. The van der Waals surface area contributed by atoms with Crippen LogP contribution in [0.1, 0.15) is 30.0 Å². The average molecular weight is 706 g/mol. The molecule has 2 atom stereocenters. The fourth-order valence-corrected chi connectivity index (χ4v) is 6.89. The maximum absolute atomic E-state index is 14.5. The number of benzene rings is 4. The number of amides is 5. The van der Waals surface area contributed by atoms with Gasteiger partial charge in [0.1, 0.15) is 18.0 Å². The quantitative estimate of drug-likeness (QED) is 0.211. The zero-order valence-corrected chi connectivity index (χ0v) is 30.0. The van der Waals surface area contributed by atoms with Crippen LogP contribution in [0, 0.1) is 0 Å². The monoisotopic (exact) mass is 705 g/mol.